The van der Waals surface area contributed by atoms with E-state index in [1.807, 2.05) is 12.1 Å². The molecule has 0 aliphatic carbocycles. The zero-order chi connectivity index (χ0) is 7.94. The van der Waals surface area contributed by atoms with Crippen molar-refractivity contribution in [3.05, 3.63) is 36.2 Å². The van der Waals surface area contributed by atoms with Gasteiger partial charge in [0, 0.05) is 12.4 Å². The number of hydrogen-bond acceptors (Lipinski definition) is 2. The second-order valence-corrected chi connectivity index (χ2v) is 2.26. The molecule has 1 heterocycles. The summed E-state index contributed by atoms with van der Waals surface area (Å²) in [7, 11) is 0. The van der Waals surface area contributed by atoms with Crippen LogP contribution in [-0.4, -0.2) is 11.5 Å². The lowest BCUT2D eigenvalue weighted by Crippen LogP contribution is -1.94. The van der Waals surface area contributed by atoms with E-state index in [0.29, 0.717) is 6.54 Å². The molecule has 0 atom stereocenters. The highest BCUT2D eigenvalue weighted by molar-refractivity contribution is 5.47. The monoisotopic (exact) mass is 148 g/mol. The van der Waals surface area contributed by atoms with Crippen molar-refractivity contribution >= 4 is 6.08 Å². The van der Waals surface area contributed by atoms with Crippen LogP contribution in [0.5, 0.6) is 0 Å². The first-order valence-corrected chi connectivity index (χ1v) is 3.70. The maximum atomic E-state index is 5.33. The lowest BCUT2D eigenvalue weighted by atomic mass is 10.2. The van der Waals surface area contributed by atoms with Gasteiger partial charge < -0.3 is 5.73 Å². The fourth-order valence-electron chi connectivity index (χ4n) is 0.790. The largest absolute Gasteiger partial charge is 0.330 e. The lowest BCUT2D eigenvalue weighted by molar-refractivity contribution is 1.01. The Labute approximate surface area is 66.8 Å². The highest BCUT2D eigenvalue weighted by Crippen LogP contribution is 1.99. The van der Waals surface area contributed by atoms with E-state index in [1.54, 1.807) is 12.4 Å². The molecule has 0 aliphatic rings. The van der Waals surface area contributed by atoms with Gasteiger partial charge in [-0.3, -0.25) is 4.98 Å². The van der Waals surface area contributed by atoms with Gasteiger partial charge in [0.1, 0.15) is 0 Å². The van der Waals surface area contributed by atoms with Gasteiger partial charge >= 0.3 is 0 Å². The number of nitrogens with zero attached hydrogens (tertiary/aromatic N) is 1. The molecule has 0 radical (unpaired) electrons. The van der Waals surface area contributed by atoms with Gasteiger partial charge in [-0.15, -0.1) is 0 Å². The zero-order valence-corrected chi connectivity index (χ0v) is 6.40. The molecule has 0 fully saturated rings. The third kappa shape index (κ3) is 2.96. The van der Waals surface area contributed by atoms with E-state index in [1.165, 1.54) is 5.56 Å². The van der Waals surface area contributed by atoms with Crippen molar-refractivity contribution in [2.45, 2.75) is 6.42 Å². The van der Waals surface area contributed by atoms with E-state index in [2.05, 4.69) is 17.1 Å². The van der Waals surface area contributed by atoms with Gasteiger partial charge in [0.2, 0.25) is 0 Å². The first-order chi connectivity index (χ1) is 5.43. The van der Waals surface area contributed by atoms with Gasteiger partial charge in [-0.05, 0) is 30.7 Å². The van der Waals surface area contributed by atoms with Gasteiger partial charge in [0.15, 0.2) is 0 Å². The van der Waals surface area contributed by atoms with Gasteiger partial charge in [0.25, 0.3) is 0 Å². The SMILES string of the molecule is NCC/C=C/c1ccncc1. The van der Waals surface area contributed by atoms with Crippen LogP contribution in [-0.2, 0) is 0 Å². The van der Waals surface area contributed by atoms with Crippen molar-refractivity contribution in [3.8, 4) is 0 Å². The molecule has 0 amide bonds. The third-order valence-electron chi connectivity index (χ3n) is 1.35. The topological polar surface area (TPSA) is 38.9 Å². The third-order valence-corrected chi connectivity index (χ3v) is 1.35. The highest BCUT2D eigenvalue weighted by Gasteiger charge is 1.81. The Balaban J connectivity index is 2.50. The first-order valence-electron chi connectivity index (χ1n) is 3.70. The van der Waals surface area contributed by atoms with Crippen LogP contribution in [0.1, 0.15) is 12.0 Å². The minimum atomic E-state index is 0.710. The number of hydrogen-bond donors (Lipinski definition) is 1. The minimum absolute atomic E-state index is 0.710. The Morgan fingerprint density at radius 2 is 2.09 bits per heavy atom. The van der Waals surface area contributed by atoms with Crippen molar-refractivity contribution in [2.24, 2.45) is 5.73 Å². The molecule has 2 N–H and O–H groups in total. The average molecular weight is 148 g/mol. The Morgan fingerprint density at radius 1 is 1.36 bits per heavy atom. The molecule has 11 heavy (non-hydrogen) atoms. The van der Waals surface area contributed by atoms with Crippen molar-refractivity contribution in [3.63, 3.8) is 0 Å². The van der Waals surface area contributed by atoms with E-state index in [-0.39, 0.29) is 0 Å². The zero-order valence-electron chi connectivity index (χ0n) is 6.40. The maximum absolute atomic E-state index is 5.33. The summed E-state index contributed by atoms with van der Waals surface area (Å²) < 4.78 is 0. The Kier molecular flexibility index (Phi) is 3.35. The molecule has 1 aromatic rings. The van der Waals surface area contributed by atoms with Crippen LogP contribution in [0.25, 0.3) is 6.08 Å². The number of pyridine rings is 1. The summed E-state index contributed by atoms with van der Waals surface area (Å²) in [5.74, 6) is 0. The second-order valence-electron chi connectivity index (χ2n) is 2.26. The standard InChI is InChI=1S/C9H12N2/c10-6-2-1-3-9-4-7-11-8-5-9/h1,3-5,7-8H,2,6,10H2/b3-1+. The van der Waals surface area contributed by atoms with Crippen LogP contribution >= 0.6 is 0 Å². The van der Waals surface area contributed by atoms with Gasteiger partial charge in [-0.1, -0.05) is 12.2 Å². The normalized spacial score (nSPS) is 10.6. The Bertz CT molecular complexity index is 216. The van der Waals surface area contributed by atoms with Crippen LogP contribution in [0.15, 0.2) is 30.6 Å². The van der Waals surface area contributed by atoms with E-state index < -0.39 is 0 Å². The number of aromatic nitrogens is 1. The van der Waals surface area contributed by atoms with Crippen molar-refractivity contribution in [1.82, 2.24) is 4.98 Å². The molecule has 0 aromatic carbocycles. The van der Waals surface area contributed by atoms with Crippen LogP contribution in [0.2, 0.25) is 0 Å². The summed E-state index contributed by atoms with van der Waals surface area (Å²) in [5, 5.41) is 0. The summed E-state index contributed by atoms with van der Waals surface area (Å²) in [6.07, 6.45) is 8.61. The van der Waals surface area contributed by atoms with E-state index >= 15 is 0 Å². The van der Waals surface area contributed by atoms with Gasteiger partial charge in [-0.2, -0.15) is 0 Å². The van der Waals surface area contributed by atoms with E-state index in [9.17, 15) is 0 Å². The number of rotatable bonds is 3. The van der Waals surface area contributed by atoms with Crippen LogP contribution in [0, 0.1) is 0 Å². The molecule has 0 saturated carbocycles. The second kappa shape index (κ2) is 4.63. The molecule has 1 aromatic heterocycles. The lowest BCUT2D eigenvalue weighted by Gasteiger charge is -1.89. The molecule has 0 saturated heterocycles. The van der Waals surface area contributed by atoms with Crippen molar-refractivity contribution < 1.29 is 0 Å². The summed E-state index contributed by atoms with van der Waals surface area (Å²) in [6.45, 7) is 0.710. The fraction of sp³-hybridized carbons (Fsp3) is 0.222. The van der Waals surface area contributed by atoms with Gasteiger partial charge in [-0.25, -0.2) is 0 Å². The Morgan fingerprint density at radius 3 is 2.73 bits per heavy atom. The summed E-state index contributed by atoms with van der Waals surface area (Å²) in [5.41, 5.74) is 6.50. The summed E-state index contributed by atoms with van der Waals surface area (Å²) in [4.78, 5) is 3.92. The van der Waals surface area contributed by atoms with Crippen LogP contribution in [0.4, 0.5) is 0 Å². The van der Waals surface area contributed by atoms with Crippen molar-refractivity contribution in [2.75, 3.05) is 6.54 Å². The predicted octanol–water partition coefficient (Wildman–Crippen LogP) is 1.44. The quantitative estimate of drug-likeness (QED) is 0.704. The molecule has 2 heteroatoms. The van der Waals surface area contributed by atoms with Crippen LogP contribution in [0.3, 0.4) is 0 Å². The molecule has 0 spiro atoms. The molecular weight excluding hydrogens is 136 g/mol. The Hall–Kier alpha value is -1.15. The fourth-order valence-corrected chi connectivity index (χ4v) is 0.790. The maximum Gasteiger partial charge on any atom is 0.0273 e. The molecule has 0 aliphatic heterocycles. The summed E-state index contributed by atoms with van der Waals surface area (Å²) in [6, 6.07) is 3.93. The molecule has 0 unspecified atom stereocenters. The van der Waals surface area contributed by atoms with E-state index in [0.717, 1.165) is 6.42 Å². The van der Waals surface area contributed by atoms with Crippen LogP contribution < -0.4 is 5.73 Å². The minimum Gasteiger partial charge on any atom is -0.330 e. The molecular formula is C9H12N2. The molecule has 0 bridgehead atoms. The highest BCUT2D eigenvalue weighted by atomic mass is 14.6. The van der Waals surface area contributed by atoms with Gasteiger partial charge in [0.05, 0.1) is 0 Å². The summed E-state index contributed by atoms with van der Waals surface area (Å²) >= 11 is 0. The molecule has 58 valence electrons. The molecule has 2 nitrogen and oxygen atoms in total. The first kappa shape index (κ1) is 7.95. The predicted molar refractivity (Wildman–Crippen MR) is 46.9 cm³/mol. The van der Waals surface area contributed by atoms with Crippen molar-refractivity contribution in [1.29, 1.82) is 0 Å². The smallest absolute Gasteiger partial charge is 0.0273 e. The number of nitrogens with two attached hydrogens (primary N) is 1. The molecule has 1 rings (SSSR count). The average Bonchev–Trinajstić information content (AvgIpc) is 2.07. The van der Waals surface area contributed by atoms with E-state index in [4.69, 9.17) is 5.73 Å².